The number of benzene rings is 1. The Morgan fingerprint density at radius 2 is 2.08 bits per heavy atom. The van der Waals surface area contributed by atoms with Gasteiger partial charge in [-0.3, -0.25) is 9.69 Å². The Morgan fingerprint density at radius 3 is 2.76 bits per heavy atom. The van der Waals surface area contributed by atoms with Gasteiger partial charge >= 0.3 is 0 Å². The Hall–Kier alpha value is -1.80. The first-order chi connectivity index (χ1) is 11.8. The lowest BCUT2D eigenvalue weighted by Crippen LogP contribution is -2.50. The molecule has 8 heteroatoms. The van der Waals surface area contributed by atoms with E-state index in [1.165, 1.54) is 0 Å². The van der Waals surface area contributed by atoms with E-state index in [1.54, 1.807) is 6.92 Å². The van der Waals surface area contributed by atoms with E-state index < -0.39 is 15.4 Å². The van der Waals surface area contributed by atoms with Crippen LogP contribution < -0.4 is 14.8 Å². The van der Waals surface area contributed by atoms with E-state index in [-0.39, 0.29) is 30.8 Å². The zero-order chi connectivity index (χ0) is 18.1. The topological polar surface area (TPSA) is 84.9 Å². The number of rotatable bonds is 6. The van der Waals surface area contributed by atoms with Gasteiger partial charge in [0, 0.05) is 6.54 Å². The quantitative estimate of drug-likeness (QED) is 0.804. The van der Waals surface area contributed by atoms with Crippen LogP contribution in [0.3, 0.4) is 0 Å². The molecule has 1 aromatic carbocycles. The van der Waals surface area contributed by atoms with E-state index >= 15 is 0 Å². The van der Waals surface area contributed by atoms with Crippen molar-refractivity contribution >= 4 is 15.7 Å². The molecular weight excluding hydrogens is 344 g/mol. The highest BCUT2D eigenvalue weighted by atomic mass is 32.2. The third-order valence-corrected chi connectivity index (χ3v) is 6.51. The number of fused-ring (bicyclic) bond motifs is 1. The maximum absolute atomic E-state index is 12.4. The number of hydrogen-bond donors (Lipinski definition) is 1. The number of ether oxygens (including phenoxy) is 2. The van der Waals surface area contributed by atoms with Gasteiger partial charge in [0.05, 0.1) is 23.6 Å². The molecule has 0 spiro atoms. The summed E-state index contributed by atoms with van der Waals surface area (Å²) >= 11 is 0. The predicted molar refractivity (Wildman–Crippen MR) is 93.3 cm³/mol. The Kier molecular flexibility index (Phi) is 4.92. The Morgan fingerprint density at radius 1 is 1.32 bits per heavy atom. The van der Waals surface area contributed by atoms with Crippen LogP contribution in [0.15, 0.2) is 18.2 Å². The molecule has 2 aliphatic heterocycles. The summed E-state index contributed by atoms with van der Waals surface area (Å²) in [5.41, 5.74) is 0.377. The number of nitrogens with one attached hydrogen (secondary N) is 1. The molecule has 0 unspecified atom stereocenters. The summed E-state index contributed by atoms with van der Waals surface area (Å²) < 4.78 is 34.0. The fourth-order valence-corrected chi connectivity index (χ4v) is 5.36. The molecule has 1 saturated heterocycles. The van der Waals surface area contributed by atoms with Crippen LogP contribution in [0.25, 0.3) is 0 Å². The van der Waals surface area contributed by atoms with E-state index in [9.17, 15) is 13.2 Å². The van der Waals surface area contributed by atoms with Crippen LogP contribution in [0.1, 0.15) is 25.8 Å². The molecule has 0 bridgehead atoms. The van der Waals surface area contributed by atoms with E-state index in [0.29, 0.717) is 19.5 Å². The summed E-state index contributed by atoms with van der Waals surface area (Å²) in [7, 11) is -3.04. The minimum atomic E-state index is -3.04. The van der Waals surface area contributed by atoms with Crippen LogP contribution in [0.4, 0.5) is 0 Å². The zero-order valence-electron chi connectivity index (χ0n) is 14.6. The molecule has 1 amide bonds. The molecule has 7 nitrogen and oxygen atoms in total. The van der Waals surface area contributed by atoms with Gasteiger partial charge < -0.3 is 14.8 Å². The lowest BCUT2D eigenvalue weighted by Gasteiger charge is -2.26. The van der Waals surface area contributed by atoms with Crippen LogP contribution in [-0.4, -0.2) is 56.2 Å². The normalized spacial score (nSPS) is 23.8. The summed E-state index contributed by atoms with van der Waals surface area (Å²) in [4.78, 5) is 14.4. The van der Waals surface area contributed by atoms with Gasteiger partial charge in [0.2, 0.25) is 12.7 Å². The second kappa shape index (κ2) is 6.84. The number of carbonyl (C=O) groups is 1. The van der Waals surface area contributed by atoms with E-state index in [0.717, 1.165) is 17.1 Å². The molecule has 0 radical (unpaired) electrons. The second-order valence-corrected chi connectivity index (χ2v) is 9.13. The van der Waals surface area contributed by atoms with Crippen molar-refractivity contribution in [2.75, 3.05) is 31.4 Å². The molecule has 1 fully saturated rings. The summed E-state index contributed by atoms with van der Waals surface area (Å²) in [6.07, 6.45) is 0.468. The van der Waals surface area contributed by atoms with Gasteiger partial charge in [-0.05, 0) is 37.6 Å². The number of nitrogens with zero attached hydrogens (tertiary/aromatic N) is 1. The van der Waals surface area contributed by atoms with E-state index in [4.69, 9.17) is 9.47 Å². The fraction of sp³-hybridized carbons (Fsp3) is 0.588. The van der Waals surface area contributed by atoms with Crippen molar-refractivity contribution in [3.05, 3.63) is 23.8 Å². The molecule has 25 heavy (non-hydrogen) atoms. The van der Waals surface area contributed by atoms with Gasteiger partial charge in [-0.1, -0.05) is 13.0 Å². The lowest BCUT2D eigenvalue weighted by molar-refractivity contribution is -0.123. The first-order valence-corrected chi connectivity index (χ1v) is 10.2. The van der Waals surface area contributed by atoms with Crippen molar-refractivity contribution in [1.29, 1.82) is 0 Å². The van der Waals surface area contributed by atoms with Gasteiger partial charge in [0.15, 0.2) is 21.3 Å². The smallest absolute Gasteiger partial charge is 0.234 e. The largest absolute Gasteiger partial charge is 0.454 e. The first-order valence-electron chi connectivity index (χ1n) is 8.41. The lowest BCUT2D eigenvalue weighted by atomic mass is 10.0. The maximum atomic E-state index is 12.4. The third kappa shape index (κ3) is 4.43. The highest BCUT2D eigenvalue weighted by Gasteiger charge is 2.39. The van der Waals surface area contributed by atoms with Crippen molar-refractivity contribution in [1.82, 2.24) is 10.2 Å². The second-order valence-electron chi connectivity index (χ2n) is 6.94. The van der Waals surface area contributed by atoms with Crippen molar-refractivity contribution in [2.45, 2.75) is 32.4 Å². The summed E-state index contributed by atoms with van der Waals surface area (Å²) in [6, 6.07) is 5.75. The first kappa shape index (κ1) is 18.0. The number of likely N-dealkylation sites (N-methyl/N-ethyl adjacent to an activating group) is 1. The Balaban J connectivity index is 1.57. The van der Waals surface area contributed by atoms with Gasteiger partial charge in [-0.2, -0.15) is 0 Å². The van der Waals surface area contributed by atoms with E-state index in [2.05, 4.69) is 5.32 Å². The van der Waals surface area contributed by atoms with Crippen LogP contribution in [0, 0.1) is 0 Å². The Bertz CT molecular complexity index is 764. The molecule has 0 aromatic heterocycles. The van der Waals surface area contributed by atoms with Crippen LogP contribution in [0.2, 0.25) is 0 Å². The van der Waals surface area contributed by atoms with Crippen LogP contribution in [-0.2, 0) is 21.2 Å². The monoisotopic (exact) mass is 368 g/mol. The average Bonchev–Trinajstić information content (AvgIpc) is 3.09. The minimum absolute atomic E-state index is 0.0139. The zero-order valence-corrected chi connectivity index (χ0v) is 15.4. The molecule has 1 aromatic rings. The number of sulfone groups is 1. The van der Waals surface area contributed by atoms with Gasteiger partial charge in [0.25, 0.3) is 0 Å². The minimum Gasteiger partial charge on any atom is -0.454 e. The molecular formula is C17H24N2O5S. The van der Waals surface area contributed by atoms with Crippen molar-refractivity contribution in [2.24, 2.45) is 0 Å². The summed E-state index contributed by atoms with van der Waals surface area (Å²) in [5, 5.41) is 2.90. The van der Waals surface area contributed by atoms with Crippen molar-refractivity contribution in [3.8, 4) is 11.5 Å². The Labute approximate surface area is 148 Å². The number of amides is 1. The average molecular weight is 368 g/mol. The molecule has 138 valence electrons. The molecule has 1 atom stereocenters. The summed E-state index contributed by atoms with van der Waals surface area (Å²) in [6.45, 7) is 5.55. The standard InChI is InChI=1S/C17H24N2O5S/c1-3-19(9-13-4-5-14-15(8-13)24-12-23-14)10-16(20)18-17(2)6-7-25(21,22)11-17/h4-5,8H,3,6-7,9-12H2,1-2H3,(H,18,20)/t17-/m1/s1. The molecule has 0 aliphatic carbocycles. The van der Waals surface area contributed by atoms with Gasteiger partial charge in [-0.15, -0.1) is 0 Å². The van der Waals surface area contributed by atoms with Crippen LogP contribution >= 0.6 is 0 Å². The molecule has 1 N–H and O–H groups in total. The van der Waals surface area contributed by atoms with Gasteiger partial charge in [0.1, 0.15) is 0 Å². The van der Waals surface area contributed by atoms with Crippen LogP contribution in [0.5, 0.6) is 11.5 Å². The molecule has 3 rings (SSSR count). The van der Waals surface area contributed by atoms with Crippen molar-refractivity contribution < 1.29 is 22.7 Å². The third-order valence-electron chi connectivity index (χ3n) is 4.60. The number of carbonyl (C=O) groups excluding carboxylic acids is 1. The molecule has 2 heterocycles. The predicted octanol–water partition coefficient (Wildman–Crippen LogP) is 0.931. The van der Waals surface area contributed by atoms with Gasteiger partial charge in [-0.25, -0.2) is 8.42 Å². The van der Waals surface area contributed by atoms with E-state index in [1.807, 2.05) is 30.0 Å². The fourth-order valence-electron chi connectivity index (χ4n) is 3.27. The maximum Gasteiger partial charge on any atom is 0.234 e. The summed E-state index contributed by atoms with van der Waals surface area (Å²) in [5.74, 6) is 1.46. The SMILES string of the molecule is CCN(CC(=O)N[C@]1(C)CCS(=O)(=O)C1)Cc1ccc2c(c1)OCO2. The van der Waals surface area contributed by atoms with Crippen molar-refractivity contribution in [3.63, 3.8) is 0 Å². The molecule has 2 aliphatic rings. The molecule has 0 saturated carbocycles. The highest BCUT2D eigenvalue weighted by Crippen LogP contribution is 2.32. The highest BCUT2D eigenvalue weighted by molar-refractivity contribution is 7.91. The number of hydrogen-bond acceptors (Lipinski definition) is 6.